The number of carbonyl (C=O) groups is 2. The van der Waals surface area contributed by atoms with Crippen molar-refractivity contribution in [2.75, 3.05) is 13.2 Å². The maximum Gasteiger partial charge on any atom is 0.261 e. The van der Waals surface area contributed by atoms with Crippen LogP contribution in [0.25, 0.3) is 0 Å². The lowest BCUT2D eigenvalue weighted by molar-refractivity contribution is -0.142. The number of amides is 2. The normalized spacial score (nSPS) is 11.8. The molecule has 5 nitrogen and oxygen atoms in total. The van der Waals surface area contributed by atoms with Gasteiger partial charge in [0.2, 0.25) is 5.91 Å². The first-order chi connectivity index (χ1) is 14.2. The Morgan fingerprint density at radius 3 is 2.53 bits per heavy atom. The molecule has 0 aliphatic heterocycles. The molecule has 0 spiro atoms. The molecule has 0 radical (unpaired) electrons. The van der Waals surface area contributed by atoms with Gasteiger partial charge < -0.3 is 15.0 Å². The zero-order valence-corrected chi connectivity index (χ0v) is 19.5. The molecule has 0 aromatic heterocycles. The van der Waals surface area contributed by atoms with Crippen LogP contribution in [-0.2, 0) is 16.1 Å². The molecule has 0 aliphatic rings. The van der Waals surface area contributed by atoms with Crippen molar-refractivity contribution in [2.24, 2.45) is 5.92 Å². The number of hydrogen-bond donors (Lipinski definition) is 1. The topological polar surface area (TPSA) is 58.6 Å². The summed E-state index contributed by atoms with van der Waals surface area (Å²) in [5, 5.41) is 3.34. The van der Waals surface area contributed by atoms with E-state index in [9.17, 15) is 14.0 Å². The van der Waals surface area contributed by atoms with Gasteiger partial charge in [-0.3, -0.25) is 9.59 Å². The van der Waals surface area contributed by atoms with Gasteiger partial charge in [-0.1, -0.05) is 43.6 Å². The number of hydrogen-bond acceptors (Lipinski definition) is 3. The fourth-order valence-corrected chi connectivity index (χ4v) is 3.46. The van der Waals surface area contributed by atoms with Crippen LogP contribution in [-0.4, -0.2) is 35.9 Å². The second-order valence-corrected chi connectivity index (χ2v) is 8.58. The summed E-state index contributed by atoms with van der Waals surface area (Å²) in [4.78, 5) is 26.8. The first-order valence-corrected chi connectivity index (χ1v) is 10.7. The highest BCUT2D eigenvalue weighted by molar-refractivity contribution is 9.10. The van der Waals surface area contributed by atoms with E-state index >= 15 is 0 Å². The summed E-state index contributed by atoms with van der Waals surface area (Å²) in [6.45, 7) is 5.70. The van der Waals surface area contributed by atoms with Crippen LogP contribution < -0.4 is 10.1 Å². The molecule has 2 amide bonds. The Labute approximate surface area is 189 Å². The van der Waals surface area contributed by atoms with E-state index in [1.807, 2.05) is 13.8 Å². The largest absolute Gasteiger partial charge is 0.483 e. The van der Waals surface area contributed by atoms with Crippen molar-refractivity contribution in [3.05, 3.63) is 63.3 Å². The van der Waals surface area contributed by atoms with E-state index < -0.39 is 17.8 Å². The van der Waals surface area contributed by atoms with E-state index in [0.29, 0.717) is 27.4 Å². The molecule has 2 aromatic rings. The van der Waals surface area contributed by atoms with Crippen LogP contribution in [0.4, 0.5) is 4.39 Å². The SMILES string of the molecule is CC(C)CNC(=O)[C@H](C)N(Cc1ccccc1F)C(=O)COc1ccc(Cl)cc1Br. The predicted molar refractivity (Wildman–Crippen MR) is 119 cm³/mol. The van der Waals surface area contributed by atoms with Crippen molar-refractivity contribution in [1.82, 2.24) is 10.2 Å². The van der Waals surface area contributed by atoms with Crippen molar-refractivity contribution in [3.63, 3.8) is 0 Å². The molecule has 8 heteroatoms. The molecular weight excluding hydrogens is 475 g/mol. The van der Waals surface area contributed by atoms with Crippen LogP contribution >= 0.6 is 27.5 Å². The molecule has 30 heavy (non-hydrogen) atoms. The second-order valence-electron chi connectivity index (χ2n) is 7.29. The molecule has 0 heterocycles. The monoisotopic (exact) mass is 498 g/mol. The lowest BCUT2D eigenvalue weighted by Gasteiger charge is -2.29. The van der Waals surface area contributed by atoms with Gasteiger partial charge in [-0.2, -0.15) is 0 Å². The van der Waals surface area contributed by atoms with E-state index in [1.165, 1.54) is 11.0 Å². The first kappa shape index (κ1) is 24.2. The molecule has 1 N–H and O–H groups in total. The van der Waals surface area contributed by atoms with Crippen LogP contribution in [0.5, 0.6) is 5.75 Å². The van der Waals surface area contributed by atoms with Gasteiger partial charge in [0.25, 0.3) is 5.91 Å². The average Bonchev–Trinajstić information content (AvgIpc) is 2.70. The summed E-state index contributed by atoms with van der Waals surface area (Å²) in [7, 11) is 0. The minimum absolute atomic E-state index is 0.0487. The summed E-state index contributed by atoms with van der Waals surface area (Å²) in [5.41, 5.74) is 0.321. The number of nitrogens with one attached hydrogen (secondary N) is 1. The van der Waals surface area contributed by atoms with Crippen LogP contribution in [0, 0.1) is 11.7 Å². The standard InChI is InChI=1S/C22H25BrClFN2O3/c1-14(2)11-26-22(29)15(3)27(12-16-6-4-5-7-19(16)25)21(28)13-30-20-9-8-17(24)10-18(20)23/h4-10,14-15H,11-13H2,1-3H3,(H,26,29)/t15-/m0/s1. The second kappa shape index (κ2) is 11.3. The third-order valence-corrected chi connectivity index (χ3v) is 5.25. The molecule has 1 atom stereocenters. The number of rotatable bonds is 9. The van der Waals surface area contributed by atoms with Gasteiger partial charge in [0.15, 0.2) is 6.61 Å². The molecule has 0 saturated carbocycles. The number of halogens is 3. The van der Waals surface area contributed by atoms with Crippen molar-refractivity contribution in [1.29, 1.82) is 0 Å². The summed E-state index contributed by atoms with van der Waals surface area (Å²) < 4.78 is 20.4. The number of ether oxygens (including phenoxy) is 1. The van der Waals surface area contributed by atoms with Gasteiger partial charge in [-0.25, -0.2) is 4.39 Å². The molecule has 2 rings (SSSR count). The Kier molecular flexibility index (Phi) is 9.11. The van der Waals surface area contributed by atoms with E-state index in [4.69, 9.17) is 16.3 Å². The van der Waals surface area contributed by atoms with E-state index in [-0.39, 0.29) is 25.0 Å². The number of nitrogens with zero attached hydrogens (tertiary/aromatic N) is 1. The predicted octanol–water partition coefficient (Wildman–Crippen LogP) is 4.81. The summed E-state index contributed by atoms with van der Waals surface area (Å²) in [6.07, 6.45) is 0. The van der Waals surface area contributed by atoms with Crippen LogP contribution in [0.2, 0.25) is 5.02 Å². The van der Waals surface area contributed by atoms with E-state index in [2.05, 4.69) is 21.2 Å². The Hall–Kier alpha value is -2.12. The van der Waals surface area contributed by atoms with Crippen LogP contribution in [0.1, 0.15) is 26.3 Å². The molecular formula is C22H25BrClFN2O3. The third kappa shape index (κ3) is 6.99. The zero-order chi connectivity index (χ0) is 22.3. The van der Waals surface area contributed by atoms with E-state index in [1.54, 1.807) is 43.3 Å². The molecule has 162 valence electrons. The Balaban J connectivity index is 2.17. The van der Waals surface area contributed by atoms with Gasteiger partial charge in [-0.15, -0.1) is 0 Å². The Morgan fingerprint density at radius 2 is 1.90 bits per heavy atom. The van der Waals surface area contributed by atoms with Crippen molar-refractivity contribution < 1.29 is 18.7 Å². The molecule has 2 aromatic carbocycles. The molecule has 0 bridgehead atoms. The lowest BCUT2D eigenvalue weighted by Crippen LogP contribution is -2.49. The highest BCUT2D eigenvalue weighted by Crippen LogP contribution is 2.28. The minimum Gasteiger partial charge on any atom is -0.483 e. The highest BCUT2D eigenvalue weighted by Gasteiger charge is 2.27. The number of benzene rings is 2. The summed E-state index contributed by atoms with van der Waals surface area (Å²) >= 11 is 9.26. The fraction of sp³-hybridized carbons (Fsp3) is 0.364. The summed E-state index contributed by atoms with van der Waals surface area (Å²) in [5.74, 6) is -0.474. The highest BCUT2D eigenvalue weighted by atomic mass is 79.9. The Morgan fingerprint density at radius 1 is 1.20 bits per heavy atom. The van der Waals surface area contributed by atoms with Gasteiger partial charge in [0.05, 0.1) is 4.47 Å². The first-order valence-electron chi connectivity index (χ1n) is 9.57. The molecule has 0 saturated heterocycles. The van der Waals surface area contributed by atoms with Gasteiger partial charge in [0, 0.05) is 23.7 Å². The molecule has 0 fully saturated rings. The average molecular weight is 500 g/mol. The van der Waals surface area contributed by atoms with Crippen LogP contribution in [0.15, 0.2) is 46.9 Å². The van der Waals surface area contributed by atoms with Crippen LogP contribution in [0.3, 0.4) is 0 Å². The lowest BCUT2D eigenvalue weighted by atomic mass is 10.1. The van der Waals surface area contributed by atoms with Crippen molar-refractivity contribution in [2.45, 2.75) is 33.4 Å². The zero-order valence-electron chi connectivity index (χ0n) is 17.1. The fourth-order valence-electron chi connectivity index (χ4n) is 2.66. The third-order valence-electron chi connectivity index (χ3n) is 4.40. The van der Waals surface area contributed by atoms with Crippen molar-refractivity contribution in [3.8, 4) is 5.75 Å². The van der Waals surface area contributed by atoms with Gasteiger partial charge >= 0.3 is 0 Å². The van der Waals surface area contributed by atoms with E-state index in [0.717, 1.165) is 0 Å². The summed E-state index contributed by atoms with van der Waals surface area (Å²) in [6, 6.07) is 10.3. The molecule has 0 aliphatic carbocycles. The van der Waals surface area contributed by atoms with Gasteiger partial charge in [0.1, 0.15) is 17.6 Å². The maximum atomic E-state index is 14.2. The molecule has 0 unspecified atom stereocenters. The minimum atomic E-state index is -0.798. The van der Waals surface area contributed by atoms with Gasteiger partial charge in [-0.05, 0) is 53.0 Å². The maximum absolute atomic E-state index is 14.2. The van der Waals surface area contributed by atoms with Crippen molar-refractivity contribution >= 4 is 39.3 Å². The Bertz CT molecular complexity index is 894. The smallest absolute Gasteiger partial charge is 0.261 e. The quantitative estimate of drug-likeness (QED) is 0.539. The number of carbonyl (C=O) groups excluding carboxylic acids is 2.